The lowest BCUT2D eigenvalue weighted by Gasteiger charge is -2.08. The molecule has 0 aromatic heterocycles. The van der Waals surface area contributed by atoms with Gasteiger partial charge in [-0.15, -0.1) is 11.6 Å². The van der Waals surface area contributed by atoms with Crippen molar-refractivity contribution < 1.29 is 4.74 Å². The zero-order valence-corrected chi connectivity index (χ0v) is 12.1. The average Bonchev–Trinajstić information content (AvgIpc) is 2.34. The van der Waals surface area contributed by atoms with Crippen LogP contribution in [0, 0.1) is 0 Å². The topological polar surface area (TPSA) is 9.23 Å². The van der Waals surface area contributed by atoms with Gasteiger partial charge >= 0.3 is 0 Å². The molecular formula is C13H8Cl4O. The summed E-state index contributed by atoms with van der Waals surface area (Å²) in [6, 6.07) is 10.4. The predicted molar refractivity (Wildman–Crippen MR) is 77.5 cm³/mol. The first kappa shape index (κ1) is 13.8. The number of benzene rings is 2. The van der Waals surface area contributed by atoms with Gasteiger partial charge in [0.15, 0.2) is 0 Å². The van der Waals surface area contributed by atoms with Gasteiger partial charge in [-0.05, 0) is 29.8 Å². The molecule has 0 bridgehead atoms. The van der Waals surface area contributed by atoms with E-state index in [1.54, 1.807) is 30.3 Å². The summed E-state index contributed by atoms with van der Waals surface area (Å²) in [5, 5.41) is 1.50. The second-order valence-corrected chi connectivity index (χ2v) is 5.05. The number of ether oxygens (including phenoxy) is 1. The Hall–Kier alpha value is -0.600. The minimum atomic E-state index is 0.367. The van der Waals surface area contributed by atoms with E-state index >= 15 is 0 Å². The van der Waals surface area contributed by atoms with Crippen LogP contribution in [-0.2, 0) is 5.88 Å². The maximum Gasteiger partial charge on any atom is 0.129 e. The van der Waals surface area contributed by atoms with Crippen LogP contribution < -0.4 is 4.74 Å². The van der Waals surface area contributed by atoms with Gasteiger partial charge in [0.05, 0.1) is 10.0 Å². The molecular weight excluding hydrogens is 314 g/mol. The highest BCUT2D eigenvalue weighted by Crippen LogP contribution is 2.31. The van der Waals surface area contributed by atoms with E-state index in [0.29, 0.717) is 32.4 Å². The SMILES string of the molecule is ClCc1ccc(Oc2ccc(Cl)c(Cl)c2)cc1Cl. The van der Waals surface area contributed by atoms with Crippen molar-refractivity contribution in [2.75, 3.05) is 0 Å². The minimum Gasteiger partial charge on any atom is -0.457 e. The molecule has 0 atom stereocenters. The smallest absolute Gasteiger partial charge is 0.129 e. The van der Waals surface area contributed by atoms with Crippen LogP contribution in [-0.4, -0.2) is 0 Å². The van der Waals surface area contributed by atoms with Gasteiger partial charge in [-0.25, -0.2) is 0 Å². The molecule has 0 saturated heterocycles. The molecule has 0 fully saturated rings. The van der Waals surface area contributed by atoms with Crippen molar-refractivity contribution in [1.29, 1.82) is 0 Å². The van der Waals surface area contributed by atoms with Crippen LogP contribution in [0.25, 0.3) is 0 Å². The van der Waals surface area contributed by atoms with Gasteiger partial charge in [0.2, 0.25) is 0 Å². The highest BCUT2D eigenvalue weighted by atomic mass is 35.5. The molecule has 1 nitrogen and oxygen atoms in total. The van der Waals surface area contributed by atoms with Crippen molar-refractivity contribution in [1.82, 2.24) is 0 Å². The van der Waals surface area contributed by atoms with Crippen molar-refractivity contribution in [3.05, 3.63) is 57.0 Å². The Kier molecular flexibility index (Phi) is 4.63. The Morgan fingerprint density at radius 1 is 0.778 bits per heavy atom. The molecule has 0 spiro atoms. The van der Waals surface area contributed by atoms with Gasteiger partial charge < -0.3 is 4.74 Å². The summed E-state index contributed by atoms with van der Waals surface area (Å²) in [4.78, 5) is 0. The molecule has 18 heavy (non-hydrogen) atoms. The van der Waals surface area contributed by atoms with Gasteiger partial charge in [-0.2, -0.15) is 0 Å². The monoisotopic (exact) mass is 320 g/mol. The number of halogens is 4. The molecule has 0 radical (unpaired) electrons. The third-order valence-electron chi connectivity index (χ3n) is 2.30. The molecule has 0 aliphatic carbocycles. The quantitative estimate of drug-likeness (QED) is 0.613. The molecule has 5 heteroatoms. The summed E-state index contributed by atoms with van der Waals surface area (Å²) in [5.41, 5.74) is 0.861. The number of rotatable bonds is 3. The third-order valence-corrected chi connectivity index (χ3v) is 3.67. The Morgan fingerprint density at radius 2 is 1.39 bits per heavy atom. The van der Waals surface area contributed by atoms with Gasteiger partial charge in [-0.1, -0.05) is 40.9 Å². The fourth-order valence-electron chi connectivity index (χ4n) is 1.38. The van der Waals surface area contributed by atoms with Crippen molar-refractivity contribution in [2.24, 2.45) is 0 Å². The average molecular weight is 322 g/mol. The third kappa shape index (κ3) is 3.24. The highest BCUT2D eigenvalue weighted by molar-refractivity contribution is 6.42. The van der Waals surface area contributed by atoms with Crippen LogP contribution in [0.5, 0.6) is 11.5 Å². The Morgan fingerprint density at radius 3 is 1.94 bits per heavy atom. The van der Waals surface area contributed by atoms with E-state index in [9.17, 15) is 0 Å². The number of hydrogen-bond acceptors (Lipinski definition) is 1. The first-order valence-electron chi connectivity index (χ1n) is 5.07. The van der Waals surface area contributed by atoms with Crippen molar-refractivity contribution in [3.63, 3.8) is 0 Å². The summed E-state index contributed by atoms with van der Waals surface area (Å²) in [6.07, 6.45) is 0. The number of hydrogen-bond donors (Lipinski definition) is 0. The minimum absolute atomic E-state index is 0.367. The highest BCUT2D eigenvalue weighted by Gasteiger charge is 2.04. The van der Waals surface area contributed by atoms with E-state index in [-0.39, 0.29) is 0 Å². The van der Waals surface area contributed by atoms with Crippen molar-refractivity contribution in [3.8, 4) is 11.5 Å². The lowest BCUT2D eigenvalue weighted by Crippen LogP contribution is -1.86. The Balaban J connectivity index is 2.23. The second-order valence-electron chi connectivity index (χ2n) is 3.56. The molecule has 0 saturated carbocycles. The summed E-state index contributed by atoms with van der Waals surface area (Å²) in [5.74, 6) is 1.58. The fourth-order valence-corrected chi connectivity index (χ4v) is 2.20. The van der Waals surface area contributed by atoms with Crippen LogP contribution >= 0.6 is 46.4 Å². The molecule has 0 unspecified atom stereocenters. The molecule has 0 amide bonds. The molecule has 94 valence electrons. The molecule has 0 aliphatic rings. The first-order valence-corrected chi connectivity index (χ1v) is 6.74. The van der Waals surface area contributed by atoms with Crippen LogP contribution in [0.2, 0.25) is 15.1 Å². The first-order chi connectivity index (χ1) is 8.60. The maximum atomic E-state index is 6.04. The van der Waals surface area contributed by atoms with Crippen LogP contribution in [0.15, 0.2) is 36.4 Å². The standard InChI is InChI=1S/C13H8Cl4O/c14-7-8-1-2-9(5-12(8)16)18-10-3-4-11(15)13(17)6-10/h1-6H,7H2. The number of alkyl halides is 1. The largest absolute Gasteiger partial charge is 0.457 e. The van der Waals surface area contributed by atoms with E-state index in [1.165, 1.54) is 0 Å². The molecule has 2 aromatic carbocycles. The summed E-state index contributed by atoms with van der Waals surface area (Å²) >= 11 is 23.5. The van der Waals surface area contributed by atoms with E-state index in [0.717, 1.165) is 5.56 Å². The van der Waals surface area contributed by atoms with E-state index in [1.807, 2.05) is 6.07 Å². The molecule has 0 heterocycles. The van der Waals surface area contributed by atoms with Crippen molar-refractivity contribution in [2.45, 2.75) is 5.88 Å². The summed E-state index contributed by atoms with van der Waals surface area (Å²) in [6.45, 7) is 0. The summed E-state index contributed by atoms with van der Waals surface area (Å²) < 4.78 is 5.62. The van der Waals surface area contributed by atoms with Gasteiger partial charge in [-0.3, -0.25) is 0 Å². The lowest BCUT2D eigenvalue weighted by atomic mass is 10.2. The van der Waals surface area contributed by atoms with E-state index in [4.69, 9.17) is 51.1 Å². The van der Waals surface area contributed by atoms with Crippen LogP contribution in [0.1, 0.15) is 5.56 Å². The zero-order valence-electron chi connectivity index (χ0n) is 9.09. The Labute approximate surface area is 125 Å². The lowest BCUT2D eigenvalue weighted by molar-refractivity contribution is 0.482. The van der Waals surface area contributed by atoms with E-state index < -0.39 is 0 Å². The van der Waals surface area contributed by atoms with E-state index in [2.05, 4.69) is 0 Å². The van der Waals surface area contributed by atoms with Gasteiger partial charge in [0, 0.05) is 17.0 Å². The normalized spacial score (nSPS) is 10.4. The molecule has 2 rings (SSSR count). The molecule has 2 aromatic rings. The zero-order chi connectivity index (χ0) is 13.1. The van der Waals surface area contributed by atoms with Gasteiger partial charge in [0.25, 0.3) is 0 Å². The Bertz CT molecular complexity index is 569. The maximum absolute atomic E-state index is 6.04. The fraction of sp³-hybridized carbons (Fsp3) is 0.0769. The second kappa shape index (κ2) is 6.03. The van der Waals surface area contributed by atoms with Crippen LogP contribution in [0.4, 0.5) is 0 Å². The van der Waals surface area contributed by atoms with Crippen LogP contribution in [0.3, 0.4) is 0 Å². The molecule has 0 N–H and O–H groups in total. The summed E-state index contributed by atoms with van der Waals surface area (Å²) in [7, 11) is 0. The van der Waals surface area contributed by atoms with Gasteiger partial charge in [0.1, 0.15) is 11.5 Å². The predicted octanol–water partition coefficient (Wildman–Crippen LogP) is 6.18. The van der Waals surface area contributed by atoms with Crippen molar-refractivity contribution >= 4 is 46.4 Å². The molecule has 0 aliphatic heterocycles.